The summed E-state index contributed by atoms with van der Waals surface area (Å²) in [7, 11) is 0. The molecule has 3 aromatic rings. The van der Waals surface area contributed by atoms with E-state index in [1.54, 1.807) is 47.4 Å². The highest BCUT2D eigenvalue weighted by atomic mass is 32.1. The number of likely N-dealkylation sites (tertiary alicyclic amines) is 1. The Hall–Kier alpha value is -2.64. The first-order valence-corrected chi connectivity index (χ1v) is 9.34. The Bertz CT molecular complexity index is 980. The number of nitrogens with zero attached hydrogens (tertiary/aromatic N) is 1. The molecule has 140 valence electrons. The molecule has 2 heterocycles. The Morgan fingerprint density at radius 3 is 2.59 bits per heavy atom. The van der Waals surface area contributed by atoms with E-state index in [2.05, 4.69) is 0 Å². The highest BCUT2D eigenvalue weighted by Gasteiger charge is 2.28. The maximum absolute atomic E-state index is 12.4. The largest absolute Gasteiger partial charge is 0.508 e. The standard InChI is InChI=1S/C20H18FNO4S/c1-12(23)20-19(17-7-2-13(24)8-18(17)27-20)26-15-5-3-14(4-6-15)25-16-9-22(10-16)11-21/h2-8,16,24H,9-11H2,1H3. The molecular formula is C20H18FNO4S. The van der Waals surface area contributed by atoms with Crippen molar-refractivity contribution in [3.05, 3.63) is 47.3 Å². The van der Waals surface area contributed by atoms with Crippen molar-refractivity contribution in [2.75, 3.05) is 19.9 Å². The van der Waals surface area contributed by atoms with Gasteiger partial charge in [-0.3, -0.25) is 9.69 Å². The third kappa shape index (κ3) is 3.61. The van der Waals surface area contributed by atoms with Crippen molar-refractivity contribution >= 4 is 27.2 Å². The number of thiophene rings is 1. The number of benzene rings is 2. The smallest absolute Gasteiger partial charge is 0.173 e. The number of aromatic hydroxyl groups is 1. The topological polar surface area (TPSA) is 59.0 Å². The van der Waals surface area contributed by atoms with E-state index in [1.165, 1.54) is 18.3 Å². The fraction of sp³-hybridized carbons (Fsp3) is 0.250. The number of hydrogen-bond donors (Lipinski definition) is 1. The summed E-state index contributed by atoms with van der Waals surface area (Å²) in [6.45, 7) is 2.22. The normalized spacial score (nSPS) is 14.9. The molecule has 1 aliphatic rings. The number of halogens is 1. The van der Waals surface area contributed by atoms with Gasteiger partial charge in [-0.15, -0.1) is 11.3 Å². The van der Waals surface area contributed by atoms with Crippen molar-refractivity contribution in [3.63, 3.8) is 0 Å². The Balaban J connectivity index is 1.53. The molecule has 1 aromatic heterocycles. The summed E-state index contributed by atoms with van der Waals surface area (Å²) < 4.78 is 25.0. The van der Waals surface area contributed by atoms with Gasteiger partial charge in [0.15, 0.2) is 11.5 Å². The summed E-state index contributed by atoms with van der Waals surface area (Å²) in [5.41, 5.74) is 0. The Morgan fingerprint density at radius 1 is 1.22 bits per heavy atom. The second-order valence-electron chi connectivity index (χ2n) is 6.47. The lowest BCUT2D eigenvalue weighted by Crippen LogP contribution is -2.53. The molecule has 1 aliphatic heterocycles. The van der Waals surface area contributed by atoms with Crippen molar-refractivity contribution in [2.24, 2.45) is 0 Å². The first-order valence-electron chi connectivity index (χ1n) is 8.53. The Morgan fingerprint density at radius 2 is 1.93 bits per heavy atom. The number of Topliss-reactive ketones (excluding diaryl/α,β-unsaturated/α-hetero) is 1. The van der Waals surface area contributed by atoms with E-state index in [-0.39, 0.29) is 17.6 Å². The van der Waals surface area contributed by atoms with Crippen LogP contribution < -0.4 is 9.47 Å². The summed E-state index contributed by atoms with van der Waals surface area (Å²) in [5.74, 6) is 1.82. The number of carbonyl (C=O) groups is 1. The molecule has 0 amide bonds. The first-order chi connectivity index (χ1) is 13.0. The van der Waals surface area contributed by atoms with Crippen molar-refractivity contribution in [3.8, 4) is 23.0 Å². The third-order valence-electron chi connectivity index (χ3n) is 4.39. The van der Waals surface area contributed by atoms with Crippen molar-refractivity contribution in [1.82, 2.24) is 4.90 Å². The maximum atomic E-state index is 12.4. The minimum Gasteiger partial charge on any atom is -0.508 e. The number of ketones is 1. The molecule has 7 heteroatoms. The lowest BCUT2D eigenvalue weighted by atomic mass is 10.2. The molecule has 0 unspecified atom stereocenters. The third-order valence-corrected chi connectivity index (χ3v) is 5.62. The molecule has 27 heavy (non-hydrogen) atoms. The predicted molar refractivity (Wildman–Crippen MR) is 102 cm³/mol. The highest BCUT2D eigenvalue weighted by Crippen LogP contribution is 2.42. The summed E-state index contributed by atoms with van der Waals surface area (Å²) >= 11 is 1.30. The molecule has 5 nitrogen and oxygen atoms in total. The number of rotatable bonds is 6. The van der Waals surface area contributed by atoms with Gasteiger partial charge in [-0.05, 0) is 42.5 Å². The van der Waals surface area contributed by atoms with Gasteiger partial charge in [0.2, 0.25) is 0 Å². The van der Waals surface area contributed by atoms with E-state index >= 15 is 0 Å². The second-order valence-corrected chi connectivity index (χ2v) is 7.52. The van der Waals surface area contributed by atoms with Crippen LogP contribution in [-0.4, -0.2) is 41.8 Å². The molecule has 0 radical (unpaired) electrons. The lowest BCUT2D eigenvalue weighted by molar-refractivity contribution is -0.00564. The van der Waals surface area contributed by atoms with Gasteiger partial charge in [0.05, 0.1) is 0 Å². The minimum absolute atomic E-state index is 0.00493. The molecular weight excluding hydrogens is 369 g/mol. The highest BCUT2D eigenvalue weighted by molar-refractivity contribution is 7.21. The number of phenols is 1. The molecule has 4 rings (SSSR count). The first kappa shape index (κ1) is 17.8. The monoisotopic (exact) mass is 387 g/mol. The van der Waals surface area contributed by atoms with Gasteiger partial charge in [-0.25, -0.2) is 4.39 Å². The van der Waals surface area contributed by atoms with Gasteiger partial charge in [0, 0.05) is 30.1 Å². The summed E-state index contributed by atoms with van der Waals surface area (Å²) in [6, 6.07) is 12.1. The van der Waals surface area contributed by atoms with Crippen LogP contribution in [0.15, 0.2) is 42.5 Å². The van der Waals surface area contributed by atoms with Crippen LogP contribution in [0.3, 0.4) is 0 Å². The van der Waals surface area contributed by atoms with Crippen LogP contribution >= 0.6 is 11.3 Å². The molecule has 1 fully saturated rings. The van der Waals surface area contributed by atoms with Gasteiger partial charge in [-0.1, -0.05) is 0 Å². The summed E-state index contributed by atoms with van der Waals surface area (Å²) in [5, 5.41) is 10.4. The van der Waals surface area contributed by atoms with Crippen LogP contribution in [0.4, 0.5) is 4.39 Å². The predicted octanol–water partition coefficient (Wildman–Crippen LogP) is 4.59. The average Bonchev–Trinajstić information content (AvgIpc) is 2.97. The number of hydrogen-bond acceptors (Lipinski definition) is 6. The number of fused-ring (bicyclic) bond motifs is 1. The number of alkyl halides is 1. The fourth-order valence-corrected chi connectivity index (χ4v) is 4.04. The van der Waals surface area contributed by atoms with Gasteiger partial charge in [0.25, 0.3) is 0 Å². The van der Waals surface area contributed by atoms with Gasteiger partial charge < -0.3 is 14.6 Å². The van der Waals surface area contributed by atoms with E-state index in [4.69, 9.17) is 9.47 Å². The molecule has 1 saturated heterocycles. The van der Waals surface area contributed by atoms with E-state index < -0.39 is 6.80 Å². The molecule has 0 aliphatic carbocycles. The van der Waals surface area contributed by atoms with Crippen molar-refractivity contribution < 1.29 is 23.8 Å². The van der Waals surface area contributed by atoms with Gasteiger partial charge in [0.1, 0.15) is 35.0 Å². The average molecular weight is 387 g/mol. The van der Waals surface area contributed by atoms with Gasteiger partial charge >= 0.3 is 0 Å². The van der Waals surface area contributed by atoms with Crippen LogP contribution in [0, 0.1) is 0 Å². The van der Waals surface area contributed by atoms with Crippen LogP contribution in [0.5, 0.6) is 23.0 Å². The maximum Gasteiger partial charge on any atom is 0.173 e. The molecule has 1 N–H and O–H groups in total. The Kier molecular flexibility index (Phi) is 4.72. The zero-order valence-corrected chi connectivity index (χ0v) is 15.5. The molecule has 0 atom stereocenters. The van der Waals surface area contributed by atoms with E-state index in [1.807, 2.05) is 0 Å². The molecule has 0 bridgehead atoms. The SMILES string of the molecule is CC(=O)c1sc2cc(O)ccc2c1Oc1ccc(OC2CN(CF)C2)cc1. The second kappa shape index (κ2) is 7.17. The number of ether oxygens (including phenoxy) is 2. The summed E-state index contributed by atoms with van der Waals surface area (Å²) in [6.07, 6.45) is 0.00493. The number of phenolic OH excluding ortho intramolecular Hbond substituents is 1. The molecule has 0 saturated carbocycles. The van der Waals surface area contributed by atoms with Crippen LogP contribution in [0.25, 0.3) is 10.1 Å². The zero-order chi connectivity index (χ0) is 19.0. The lowest BCUT2D eigenvalue weighted by Gasteiger charge is -2.36. The zero-order valence-electron chi connectivity index (χ0n) is 14.6. The van der Waals surface area contributed by atoms with Crippen LogP contribution in [0.2, 0.25) is 0 Å². The fourth-order valence-electron chi connectivity index (χ4n) is 2.99. The van der Waals surface area contributed by atoms with Gasteiger partial charge in [-0.2, -0.15) is 0 Å². The van der Waals surface area contributed by atoms with Crippen LogP contribution in [-0.2, 0) is 0 Å². The molecule has 0 spiro atoms. The van der Waals surface area contributed by atoms with Crippen molar-refractivity contribution in [1.29, 1.82) is 0 Å². The number of carbonyl (C=O) groups excluding carboxylic acids is 1. The minimum atomic E-state index is -0.447. The van der Waals surface area contributed by atoms with Crippen LogP contribution in [0.1, 0.15) is 16.6 Å². The Labute approximate surface area is 159 Å². The quantitative estimate of drug-likeness (QED) is 0.495. The summed E-state index contributed by atoms with van der Waals surface area (Å²) in [4.78, 5) is 14.2. The van der Waals surface area contributed by atoms with E-state index in [0.29, 0.717) is 35.2 Å². The van der Waals surface area contributed by atoms with E-state index in [0.717, 1.165) is 10.1 Å². The van der Waals surface area contributed by atoms with Crippen molar-refractivity contribution in [2.45, 2.75) is 13.0 Å². The molecule has 2 aromatic carbocycles. The van der Waals surface area contributed by atoms with E-state index in [9.17, 15) is 14.3 Å².